The van der Waals surface area contributed by atoms with E-state index in [1.807, 2.05) is 0 Å². The van der Waals surface area contributed by atoms with Crippen LogP contribution in [0.2, 0.25) is 5.02 Å². The first kappa shape index (κ1) is 13.0. The molecule has 0 bridgehead atoms. The summed E-state index contributed by atoms with van der Waals surface area (Å²) in [4.78, 5) is 11.6. The molecule has 0 atom stereocenters. The number of aromatic nitrogens is 2. The molecule has 5 heteroatoms. The number of halogens is 1. The SMILES string of the molecule is CCCCCCNC(=O)c1nn(C)cc1Cl. The Kier molecular flexibility index (Phi) is 5.32. The predicted octanol–water partition coefficient (Wildman–Crippen LogP) is 2.38. The van der Waals surface area contributed by atoms with Gasteiger partial charge in [0, 0.05) is 19.8 Å². The van der Waals surface area contributed by atoms with E-state index in [1.54, 1.807) is 13.2 Å². The number of unbranched alkanes of at least 4 members (excludes halogenated alkanes) is 3. The molecular weight excluding hydrogens is 226 g/mol. The van der Waals surface area contributed by atoms with Crippen LogP contribution in [0.3, 0.4) is 0 Å². The Morgan fingerprint density at radius 3 is 2.81 bits per heavy atom. The van der Waals surface area contributed by atoms with Crippen LogP contribution in [-0.2, 0) is 7.05 Å². The Morgan fingerprint density at radius 1 is 1.50 bits per heavy atom. The molecule has 0 aromatic carbocycles. The second kappa shape index (κ2) is 6.53. The molecule has 0 fully saturated rings. The fraction of sp³-hybridized carbons (Fsp3) is 0.636. The number of carbonyl (C=O) groups excluding carboxylic acids is 1. The molecule has 0 saturated carbocycles. The number of nitrogens with one attached hydrogen (secondary N) is 1. The van der Waals surface area contributed by atoms with Crippen molar-refractivity contribution in [3.05, 3.63) is 16.9 Å². The van der Waals surface area contributed by atoms with Crippen LogP contribution in [0.25, 0.3) is 0 Å². The van der Waals surface area contributed by atoms with Crippen molar-refractivity contribution < 1.29 is 4.79 Å². The van der Waals surface area contributed by atoms with Crippen molar-refractivity contribution in [2.45, 2.75) is 32.6 Å². The highest BCUT2D eigenvalue weighted by molar-refractivity contribution is 6.33. The van der Waals surface area contributed by atoms with Gasteiger partial charge in [-0.05, 0) is 6.42 Å². The van der Waals surface area contributed by atoms with E-state index in [2.05, 4.69) is 17.3 Å². The van der Waals surface area contributed by atoms with Crippen molar-refractivity contribution in [2.75, 3.05) is 6.54 Å². The first-order chi connectivity index (χ1) is 7.65. The van der Waals surface area contributed by atoms with E-state index in [0.29, 0.717) is 17.3 Å². The lowest BCUT2D eigenvalue weighted by atomic mass is 10.2. The molecule has 16 heavy (non-hydrogen) atoms. The summed E-state index contributed by atoms with van der Waals surface area (Å²) >= 11 is 5.86. The van der Waals surface area contributed by atoms with Gasteiger partial charge in [-0.15, -0.1) is 0 Å². The van der Waals surface area contributed by atoms with E-state index in [0.717, 1.165) is 12.8 Å². The summed E-state index contributed by atoms with van der Waals surface area (Å²) in [6.07, 6.45) is 6.17. The van der Waals surface area contributed by atoms with Crippen molar-refractivity contribution in [3.8, 4) is 0 Å². The van der Waals surface area contributed by atoms with Gasteiger partial charge in [-0.25, -0.2) is 0 Å². The zero-order valence-corrected chi connectivity index (χ0v) is 10.5. The third-order valence-corrected chi connectivity index (χ3v) is 2.59. The Labute approximate surface area is 101 Å². The van der Waals surface area contributed by atoms with Gasteiger partial charge in [0.25, 0.3) is 5.91 Å². The smallest absolute Gasteiger partial charge is 0.273 e. The number of carbonyl (C=O) groups is 1. The van der Waals surface area contributed by atoms with Crippen LogP contribution < -0.4 is 5.32 Å². The van der Waals surface area contributed by atoms with Crippen molar-refractivity contribution in [1.82, 2.24) is 15.1 Å². The van der Waals surface area contributed by atoms with Crippen LogP contribution in [0.1, 0.15) is 43.1 Å². The molecule has 1 amide bonds. The van der Waals surface area contributed by atoms with E-state index in [9.17, 15) is 4.79 Å². The molecule has 0 saturated heterocycles. The maximum absolute atomic E-state index is 11.6. The molecule has 1 rings (SSSR count). The van der Waals surface area contributed by atoms with Gasteiger partial charge in [0.2, 0.25) is 0 Å². The average molecular weight is 244 g/mol. The summed E-state index contributed by atoms with van der Waals surface area (Å²) in [6.45, 7) is 2.85. The summed E-state index contributed by atoms with van der Waals surface area (Å²) in [5, 5.41) is 7.21. The van der Waals surface area contributed by atoms with Crippen molar-refractivity contribution in [2.24, 2.45) is 7.05 Å². The molecule has 0 aliphatic rings. The zero-order chi connectivity index (χ0) is 12.0. The molecule has 1 aromatic rings. The van der Waals surface area contributed by atoms with E-state index in [4.69, 9.17) is 11.6 Å². The molecule has 0 spiro atoms. The molecule has 1 N–H and O–H groups in total. The van der Waals surface area contributed by atoms with Gasteiger partial charge in [-0.2, -0.15) is 5.10 Å². The molecule has 1 heterocycles. The van der Waals surface area contributed by atoms with Crippen molar-refractivity contribution in [1.29, 1.82) is 0 Å². The first-order valence-corrected chi connectivity index (χ1v) is 6.00. The van der Waals surface area contributed by atoms with E-state index in [-0.39, 0.29) is 5.91 Å². The van der Waals surface area contributed by atoms with Crippen LogP contribution in [0, 0.1) is 0 Å². The second-order valence-electron chi connectivity index (χ2n) is 3.82. The fourth-order valence-corrected chi connectivity index (χ4v) is 1.72. The molecule has 1 aromatic heterocycles. The summed E-state index contributed by atoms with van der Waals surface area (Å²) in [5.74, 6) is -0.193. The Morgan fingerprint density at radius 2 is 2.25 bits per heavy atom. The number of hydrogen-bond donors (Lipinski definition) is 1. The van der Waals surface area contributed by atoms with Crippen LogP contribution in [0.15, 0.2) is 6.20 Å². The minimum atomic E-state index is -0.193. The normalized spacial score (nSPS) is 10.4. The lowest BCUT2D eigenvalue weighted by Crippen LogP contribution is -2.25. The van der Waals surface area contributed by atoms with Crippen molar-refractivity contribution >= 4 is 17.5 Å². The van der Waals surface area contributed by atoms with E-state index >= 15 is 0 Å². The Balaban J connectivity index is 2.33. The highest BCUT2D eigenvalue weighted by Gasteiger charge is 2.13. The monoisotopic (exact) mass is 243 g/mol. The molecule has 90 valence electrons. The minimum Gasteiger partial charge on any atom is -0.351 e. The van der Waals surface area contributed by atoms with Crippen LogP contribution in [0.5, 0.6) is 0 Å². The molecule has 0 aliphatic carbocycles. The number of amides is 1. The van der Waals surface area contributed by atoms with Crippen molar-refractivity contribution in [3.63, 3.8) is 0 Å². The summed E-state index contributed by atoms with van der Waals surface area (Å²) < 4.78 is 1.54. The van der Waals surface area contributed by atoms with Crippen LogP contribution >= 0.6 is 11.6 Å². The van der Waals surface area contributed by atoms with Gasteiger partial charge in [0.1, 0.15) is 0 Å². The molecule has 0 aliphatic heterocycles. The maximum Gasteiger partial charge on any atom is 0.273 e. The molecule has 0 unspecified atom stereocenters. The van der Waals surface area contributed by atoms with Gasteiger partial charge in [0.05, 0.1) is 5.02 Å². The summed E-state index contributed by atoms with van der Waals surface area (Å²) in [7, 11) is 1.74. The third kappa shape index (κ3) is 3.85. The number of aryl methyl sites for hydroxylation is 1. The largest absolute Gasteiger partial charge is 0.351 e. The Bertz CT molecular complexity index is 349. The zero-order valence-electron chi connectivity index (χ0n) is 9.79. The summed E-state index contributed by atoms with van der Waals surface area (Å²) in [6, 6.07) is 0. The fourth-order valence-electron chi connectivity index (χ4n) is 1.45. The topological polar surface area (TPSA) is 46.9 Å². The maximum atomic E-state index is 11.6. The standard InChI is InChI=1S/C11H18ClN3O/c1-3-4-5-6-7-13-11(16)10-9(12)8-15(2)14-10/h8H,3-7H2,1-2H3,(H,13,16). The second-order valence-corrected chi connectivity index (χ2v) is 4.22. The van der Waals surface area contributed by atoms with Gasteiger partial charge in [-0.1, -0.05) is 37.8 Å². The number of hydrogen-bond acceptors (Lipinski definition) is 2. The minimum absolute atomic E-state index is 0.193. The third-order valence-electron chi connectivity index (χ3n) is 2.32. The lowest BCUT2D eigenvalue weighted by Gasteiger charge is -2.02. The average Bonchev–Trinajstić information content (AvgIpc) is 2.57. The first-order valence-electron chi connectivity index (χ1n) is 5.62. The van der Waals surface area contributed by atoms with Gasteiger partial charge >= 0.3 is 0 Å². The highest BCUT2D eigenvalue weighted by Crippen LogP contribution is 2.12. The number of nitrogens with zero attached hydrogens (tertiary/aromatic N) is 2. The predicted molar refractivity (Wildman–Crippen MR) is 64.7 cm³/mol. The van der Waals surface area contributed by atoms with E-state index in [1.165, 1.54) is 17.5 Å². The quantitative estimate of drug-likeness (QED) is 0.780. The van der Waals surface area contributed by atoms with Crippen LogP contribution in [-0.4, -0.2) is 22.2 Å². The highest BCUT2D eigenvalue weighted by atomic mass is 35.5. The molecular formula is C11H18ClN3O. The van der Waals surface area contributed by atoms with Gasteiger partial charge in [0.15, 0.2) is 5.69 Å². The van der Waals surface area contributed by atoms with Gasteiger partial charge < -0.3 is 5.32 Å². The Hall–Kier alpha value is -1.03. The van der Waals surface area contributed by atoms with Crippen LogP contribution in [0.4, 0.5) is 0 Å². The lowest BCUT2D eigenvalue weighted by molar-refractivity contribution is 0.0947. The number of rotatable bonds is 6. The van der Waals surface area contributed by atoms with E-state index < -0.39 is 0 Å². The molecule has 0 radical (unpaired) electrons. The van der Waals surface area contributed by atoms with Gasteiger partial charge in [-0.3, -0.25) is 9.48 Å². The summed E-state index contributed by atoms with van der Waals surface area (Å²) in [5.41, 5.74) is 0.305. The molecule has 4 nitrogen and oxygen atoms in total.